The van der Waals surface area contributed by atoms with Crippen LogP contribution in [0, 0.1) is 0 Å². The summed E-state index contributed by atoms with van der Waals surface area (Å²) in [4.78, 5) is 13.7. The number of amides is 1. The van der Waals surface area contributed by atoms with Gasteiger partial charge >= 0.3 is 0 Å². The summed E-state index contributed by atoms with van der Waals surface area (Å²) >= 11 is 0. The van der Waals surface area contributed by atoms with E-state index in [-0.39, 0.29) is 5.91 Å². The highest BCUT2D eigenvalue weighted by atomic mass is 16.5. The molecule has 26 heavy (non-hydrogen) atoms. The number of methoxy groups -OCH3 is 2. The van der Waals surface area contributed by atoms with Crippen molar-refractivity contribution in [3.8, 4) is 17.2 Å². The smallest absolute Gasteiger partial charge is 0.251 e. The molecule has 6 nitrogen and oxygen atoms in total. The topological polar surface area (TPSA) is 61.2 Å². The van der Waals surface area contributed by atoms with Gasteiger partial charge in [-0.1, -0.05) is 12.1 Å². The van der Waals surface area contributed by atoms with E-state index >= 15 is 0 Å². The van der Waals surface area contributed by atoms with Crippen LogP contribution in [0.3, 0.4) is 0 Å². The second-order valence-corrected chi connectivity index (χ2v) is 6.20. The van der Waals surface area contributed by atoms with Gasteiger partial charge in [0.15, 0.2) is 11.5 Å². The van der Waals surface area contributed by atoms with E-state index in [1.54, 1.807) is 32.4 Å². The minimum Gasteiger partial charge on any atom is -0.493 e. The highest BCUT2D eigenvalue weighted by Crippen LogP contribution is 2.27. The Bertz CT molecular complexity index is 714. The largest absolute Gasteiger partial charge is 0.493 e. The highest BCUT2D eigenvalue weighted by Gasteiger charge is 2.10. The van der Waals surface area contributed by atoms with Crippen molar-refractivity contribution in [1.29, 1.82) is 0 Å². The van der Waals surface area contributed by atoms with Crippen molar-refractivity contribution in [2.75, 3.05) is 41.5 Å². The van der Waals surface area contributed by atoms with Crippen LogP contribution >= 0.6 is 0 Å². The van der Waals surface area contributed by atoms with Crippen molar-refractivity contribution in [1.82, 2.24) is 5.32 Å². The summed E-state index contributed by atoms with van der Waals surface area (Å²) in [6.45, 7) is 2.07. The van der Waals surface area contributed by atoms with Crippen molar-refractivity contribution in [3.63, 3.8) is 0 Å². The van der Waals surface area contributed by atoms with Gasteiger partial charge in [0.2, 0.25) is 0 Å². The van der Waals surface area contributed by atoms with Gasteiger partial charge in [0, 0.05) is 12.1 Å². The van der Waals surface area contributed by atoms with Crippen LogP contribution in [0.1, 0.15) is 15.9 Å². The number of rotatable bonds is 9. The van der Waals surface area contributed by atoms with Crippen LogP contribution in [0.4, 0.5) is 0 Å². The van der Waals surface area contributed by atoms with E-state index in [1.807, 2.05) is 24.3 Å². The van der Waals surface area contributed by atoms with E-state index in [0.29, 0.717) is 30.2 Å². The number of hydrogen-bond donors (Lipinski definition) is 2. The zero-order chi connectivity index (χ0) is 18.9. The Labute approximate surface area is 154 Å². The van der Waals surface area contributed by atoms with E-state index in [0.717, 1.165) is 17.9 Å². The second-order valence-electron chi connectivity index (χ2n) is 6.20. The normalized spacial score (nSPS) is 10.5. The number of carbonyl (C=O) groups excluding carboxylic acids is 1. The maximum absolute atomic E-state index is 12.3. The van der Waals surface area contributed by atoms with Crippen molar-refractivity contribution in [2.45, 2.75) is 6.54 Å². The van der Waals surface area contributed by atoms with Gasteiger partial charge in [-0.3, -0.25) is 4.79 Å². The average molecular weight is 359 g/mol. The fourth-order valence-corrected chi connectivity index (χ4v) is 2.34. The van der Waals surface area contributed by atoms with Crippen LogP contribution in [0.25, 0.3) is 0 Å². The fourth-order valence-electron chi connectivity index (χ4n) is 2.34. The maximum Gasteiger partial charge on any atom is 0.251 e. The Morgan fingerprint density at radius 1 is 1.00 bits per heavy atom. The van der Waals surface area contributed by atoms with E-state index in [9.17, 15) is 4.79 Å². The van der Waals surface area contributed by atoms with Crippen LogP contribution in [0.5, 0.6) is 17.2 Å². The number of ether oxygens (including phenoxy) is 3. The van der Waals surface area contributed by atoms with Gasteiger partial charge in [-0.05, 0) is 35.9 Å². The Balaban J connectivity index is 1.89. The lowest BCUT2D eigenvalue weighted by Crippen LogP contribution is -3.06. The third kappa shape index (κ3) is 5.67. The first-order valence-corrected chi connectivity index (χ1v) is 8.54. The van der Waals surface area contributed by atoms with Gasteiger partial charge < -0.3 is 24.4 Å². The fraction of sp³-hybridized carbons (Fsp3) is 0.350. The van der Waals surface area contributed by atoms with Gasteiger partial charge in [0.05, 0.1) is 28.3 Å². The molecule has 0 aliphatic carbocycles. The summed E-state index contributed by atoms with van der Waals surface area (Å²) in [7, 11) is 7.29. The van der Waals surface area contributed by atoms with Crippen LogP contribution in [-0.4, -0.2) is 47.4 Å². The molecule has 1 amide bonds. The molecule has 0 saturated carbocycles. The predicted octanol–water partition coefficient (Wildman–Crippen LogP) is 1.16. The molecule has 0 aliphatic rings. The van der Waals surface area contributed by atoms with Gasteiger partial charge in [-0.2, -0.15) is 0 Å². The highest BCUT2D eigenvalue weighted by molar-refractivity contribution is 5.94. The molecule has 2 aromatic rings. The summed E-state index contributed by atoms with van der Waals surface area (Å²) in [5.41, 5.74) is 1.53. The average Bonchev–Trinajstić information content (AvgIpc) is 2.66. The molecule has 2 aromatic carbocycles. The number of nitrogens with one attached hydrogen (secondary N) is 2. The first-order valence-electron chi connectivity index (χ1n) is 8.54. The number of benzene rings is 2. The monoisotopic (exact) mass is 359 g/mol. The molecule has 2 rings (SSSR count). The number of likely N-dealkylation sites (N-methyl/N-ethyl adjacent to an activating group) is 1. The summed E-state index contributed by atoms with van der Waals surface area (Å²) in [6, 6.07) is 12.8. The van der Waals surface area contributed by atoms with E-state index in [1.165, 1.54) is 4.90 Å². The number of quaternary nitrogens is 1. The molecule has 0 aliphatic heterocycles. The summed E-state index contributed by atoms with van der Waals surface area (Å²) in [5, 5.41) is 2.90. The third-order valence-electron chi connectivity index (χ3n) is 3.89. The third-order valence-corrected chi connectivity index (χ3v) is 3.89. The Hall–Kier alpha value is -2.73. The molecule has 0 heterocycles. The Morgan fingerprint density at radius 3 is 2.31 bits per heavy atom. The molecule has 2 N–H and O–H groups in total. The van der Waals surface area contributed by atoms with E-state index < -0.39 is 0 Å². The second kappa shape index (κ2) is 9.68. The molecule has 0 spiro atoms. The summed E-state index contributed by atoms with van der Waals surface area (Å²) < 4.78 is 16.1. The van der Waals surface area contributed by atoms with E-state index in [2.05, 4.69) is 19.4 Å². The van der Waals surface area contributed by atoms with Crippen LogP contribution in [-0.2, 0) is 6.54 Å². The standard InChI is InChI=1S/C20H26N2O4/c1-22(2)11-12-26-17-8-5-15(6-9-17)14-21-20(23)16-7-10-18(24-3)19(13-16)25-4/h5-10,13H,11-12,14H2,1-4H3,(H,21,23)/p+1. The minimum atomic E-state index is -0.166. The predicted molar refractivity (Wildman–Crippen MR) is 100 cm³/mol. The maximum atomic E-state index is 12.3. The molecule has 0 radical (unpaired) electrons. The quantitative estimate of drug-likeness (QED) is 0.705. The molecule has 0 atom stereocenters. The number of carbonyl (C=O) groups is 1. The SMILES string of the molecule is COc1ccc(C(=O)NCc2ccc(OCC[NH+](C)C)cc2)cc1OC. The number of hydrogen-bond acceptors (Lipinski definition) is 4. The summed E-state index contributed by atoms with van der Waals surface area (Å²) in [6.07, 6.45) is 0. The molecule has 6 heteroatoms. The first kappa shape index (κ1) is 19.6. The van der Waals surface area contributed by atoms with Gasteiger partial charge in [-0.15, -0.1) is 0 Å². The molecule has 0 aromatic heterocycles. The minimum absolute atomic E-state index is 0.166. The van der Waals surface area contributed by atoms with Crippen LogP contribution < -0.4 is 24.4 Å². The first-order chi connectivity index (χ1) is 12.5. The zero-order valence-electron chi connectivity index (χ0n) is 15.8. The van der Waals surface area contributed by atoms with Crippen molar-refractivity contribution in [3.05, 3.63) is 53.6 Å². The lowest BCUT2D eigenvalue weighted by atomic mass is 10.1. The molecule has 0 saturated heterocycles. The molecule has 0 fully saturated rings. The van der Waals surface area contributed by atoms with Crippen molar-refractivity contribution < 1.29 is 23.9 Å². The summed E-state index contributed by atoms with van der Waals surface area (Å²) in [5.74, 6) is 1.79. The van der Waals surface area contributed by atoms with Gasteiger partial charge in [-0.25, -0.2) is 0 Å². The van der Waals surface area contributed by atoms with Crippen LogP contribution in [0.2, 0.25) is 0 Å². The molecule has 140 valence electrons. The van der Waals surface area contributed by atoms with Crippen molar-refractivity contribution in [2.24, 2.45) is 0 Å². The van der Waals surface area contributed by atoms with Crippen LogP contribution in [0.15, 0.2) is 42.5 Å². The molecular formula is C20H27N2O4+. The van der Waals surface area contributed by atoms with E-state index in [4.69, 9.17) is 14.2 Å². The Morgan fingerprint density at radius 2 is 1.69 bits per heavy atom. The van der Waals surface area contributed by atoms with Gasteiger partial charge in [0.1, 0.15) is 18.9 Å². The zero-order valence-corrected chi connectivity index (χ0v) is 15.8. The lowest BCUT2D eigenvalue weighted by molar-refractivity contribution is -0.858. The van der Waals surface area contributed by atoms with Gasteiger partial charge in [0.25, 0.3) is 5.91 Å². The molecule has 0 bridgehead atoms. The molecular weight excluding hydrogens is 332 g/mol. The van der Waals surface area contributed by atoms with Crippen molar-refractivity contribution >= 4 is 5.91 Å². The molecule has 0 unspecified atom stereocenters. The Kier molecular flexibility index (Phi) is 7.29. The lowest BCUT2D eigenvalue weighted by Gasteiger charge is -2.11.